The molecule has 0 radical (unpaired) electrons. The topological polar surface area (TPSA) is 111 Å². The van der Waals surface area contributed by atoms with Crippen LogP contribution < -0.4 is 10.6 Å². The van der Waals surface area contributed by atoms with Crippen LogP contribution in [0.25, 0.3) is 21.9 Å². The minimum Gasteiger partial charge on any atom is -0.340 e. The lowest BCUT2D eigenvalue weighted by molar-refractivity contribution is -0.120. The number of fused-ring (bicyclic) bond motifs is 1. The summed E-state index contributed by atoms with van der Waals surface area (Å²) in [6, 6.07) is 8.13. The highest BCUT2D eigenvalue weighted by Gasteiger charge is 2.22. The molecule has 4 heterocycles. The number of nitrogens with one attached hydrogen (secondary N) is 2. The van der Waals surface area contributed by atoms with E-state index in [2.05, 4.69) is 38.0 Å². The van der Waals surface area contributed by atoms with Gasteiger partial charge in [-0.2, -0.15) is 10.1 Å². The first-order chi connectivity index (χ1) is 15.5. The summed E-state index contributed by atoms with van der Waals surface area (Å²) in [5, 5.41) is 16.6. The van der Waals surface area contributed by atoms with Crippen LogP contribution in [0.3, 0.4) is 0 Å². The van der Waals surface area contributed by atoms with Crippen molar-refractivity contribution in [2.45, 2.75) is 26.2 Å². The number of hydrogen-bond donors (Lipinski definition) is 2. The number of carbonyl (C=O) groups excluding carboxylic acids is 1. The van der Waals surface area contributed by atoms with Gasteiger partial charge >= 0.3 is 0 Å². The molecule has 1 amide bonds. The van der Waals surface area contributed by atoms with Gasteiger partial charge in [-0.3, -0.25) is 9.48 Å². The third-order valence-electron chi connectivity index (χ3n) is 5.80. The molecular weight excluding hydrogens is 406 g/mol. The quantitative estimate of drug-likeness (QED) is 0.500. The van der Waals surface area contributed by atoms with Gasteiger partial charge in [0.05, 0.1) is 18.3 Å². The summed E-state index contributed by atoms with van der Waals surface area (Å²) in [7, 11) is 1.90. The van der Waals surface area contributed by atoms with Crippen molar-refractivity contribution in [3.8, 4) is 11.1 Å². The third kappa shape index (κ3) is 4.24. The molecule has 0 saturated carbocycles. The number of hydrogen-bond acceptors (Lipinski definition) is 7. The number of carbonyl (C=O) groups is 1. The first-order valence-electron chi connectivity index (χ1n) is 10.8. The van der Waals surface area contributed by atoms with E-state index in [0.29, 0.717) is 24.0 Å². The molecule has 9 heteroatoms. The van der Waals surface area contributed by atoms with Gasteiger partial charge in [-0.15, -0.1) is 0 Å². The van der Waals surface area contributed by atoms with Crippen LogP contribution in [-0.4, -0.2) is 43.9 Å². The van der Waals surface area contributed by atoms with Gasteiger partial charge in [0.2, 0.25) is 11.8 Å². The lowest BCUT2D eigenvalue weighted by atomic mass is 9.97. The highest BCUT2D eigenvalue weighted by atomic mass is 16.5. The van der Waals surface area contributed by atoms with Gasteiger partial charge in [0, 0.05) is 37.0 Å². The Morgan fingerprint density at radius 3 is 2.78 bits per heavy atom. The van der Waals surface area contributed by atoms with E-state index >= 15 is 0 Å². The Kier molecular flexibility index (Phi) is 5.40. The molecule has 0 atom stereocenters. The monoisotopic (exact) mass is 431 g/mol. The summed E-state index contributed by atoms with van der Waals surface area (Å²) in [6.45, 7) is 3.48. The summed E-state index contributed by atoms with van der Waals surface area (Å²) >= 11 is 0. The molecule has 1 saturated heterocycles. The summed E-state index contributed by atoms with van der Waals surface area (Å²) in [6.07, 6.45) is 5.90. The molecule has 1 fully saturated rings. The van der Waals surface area contributed by atoms with Crippen LogP contribution in [-0.2, 0) is 18.3 Å². The van der Waals surface area contributed by atoms with Crippen LogP contribution in [0.1, 0.15) is 30.3 Å². The molecule has 0 aliphatic carbocycles. The fourth-order valence-corrected chi connectivity index (χ4v) is 4.15. The van der Waals surface area contributed by atoms with Crippen molar-refractivity contribution in [3.05, 3.63) is 54.1 Å². The van der Waals surface area contributed by atoms with Crippen molar-refractivity contribution in [1.82, 2.24) is 30.2 Å². The summed E-state index contributed by atoms with van der Waals surface area (Å²) in [5.41, 5.74) is 2.87. The summed E-state index contributed by atoms with van der Waals surface area (Å²) < 4.78 is 6.91. The fourth-order valence-electron chi connectivity index (χ4n) is 4.15. The van der Waals surface area contributed by atoms with Crippen LogP contribution in [0.5, 0.6) is 0 Å². The van der Waals surface area contributed by atoms with Gasteiger partial charge in [-0.1, -0.05) is 17.3 Å². The molecule has 0 spiro atoms. The maximum Gasteiger partial charge on any atom is 0.228 e. The second kappa shape index (κ2) is 8.51. The number of pyridine rings is 1. The van der Waals surface area contributed by atoms with Crippen molar-refractivity contribution in [2.24, 2.45) is 13.0 Å². The summed E-state index contributed by atoms with van der Waals surface area (Å²) in [4.78, 5) is 21.9. The molecule has 9 nitrogen and oxygen atoms in total. The van der Waals surface area contributed by atoms with Crippen molar-refractivity contribution in [1.29, 1.82) is 0 Å². The minimum absolute atomic E-state index is 0.00113. The fraction of sp³-hybridized carbons (Fsp3) is 0.348. The molecule has 2 N–H and O–H groups in total. The molecule has 1 aliphatic heterocycles. The molecule has 0 unspecified atom stereocenters. The van der Waals surface area contributed by atoms with Crippen molar-refractivity contribution in [3.63, 3.8) is 0 Å². The first kappa shape index (κ1) is 20.3. The van der Waals surface area contributed by atoms with Crippen molar-refractivity contribution >= 4 is 22.5 Å². The average molecular weight is 432 g/mol. The van der Waals surface area contributed by atoms with Crippen LogP contribution in [0.15, 0.2) is 41.2 Å². The highest BCUT2D eigenvalue weighted by Crippen LogP contribution is 2.29. The molecule has 1 aromatic carbocycles. The predicted octanol–water partition coefficient (Wildman–Crippen LogP) is 2.86. The number of amides is 1. The Morgan fingerprint density at radius 2 is 2.06 bits per heavy atom. The van der Waals surface area contributed by atoms with Crippen LogP contribution in [0, 0.1) is 12.8 Å². The Bertz CT molecular complexity index is 1270. The van der Waals surface area contributed by atoms with E-state index in [-0.39, 0.29) is 11.8 Å². The number of piperidine rings is 1. The van der Waals surface area contributed by atoms with Crippen molar-refractivity contribution < 1.29 is 9.32 Å². The number of benzene rings is 1. The van der Waals surface area contributed by atoms with E-state index in [4.69, 9.17) is 9.51 Å². The van der Waals surface area contributed by atoms with E-state index < -0.39 is 0 Å². The Balaban J connectivity index is 1.53. The van der Waals surface area contributed by atoms with E-state index in [1.54, 1.807) is 11.6 Å². The number of rotatable bonds is 5. The molecule has 164 valence electrons. The number of aryl methyl sites for hydroxylation is 2. The zero-order chi connectivity index (χ0) is 22.1. The van der Waals surface area contributed by atoms with Gasteiger partial charge < -0.3 is 15.2 Å². The maximum absolute atomic E-state index is 12.8. The van der Waals surface area contributed by atoms with E-state index in [1.807, 2.05) is 31.6 Å². The maximum atomic E-state index is 12.8. The van der Waals surface area contributed by atoms with E-state index in [0.717, 1.165) is 53.5 Å². The van der Waals surface area contributed by atoms with E-state index in [1.165, 1.54) is 0 Å². The Morgan fingerprint density at radius 1 is 1.22 bits per heavy atom. The van der Waals surface area contributed by atoms with Gasteiger partial charge in [0.25, 0.3) is 0 Å². The van der Waals surface area contributed by atoms with Crippen molar-refractivity contribution in [2.75, 3.05) is 18.4 Å². The smallest absolute Gasteiger partial charge is 0.228 e. The number of anilines is 1. The normalized spacial score (nSPS) is 14.7. The molecule has 32 heavy (non-hydrogen) atoms. The standard InChI is InChI=1S/C23H25N7O2/c1-14-26-22(29-32-14)11-20-19-4-3-16(18-12-25-30(2)13-18)9-17(19)10-21(27-20)28-23(31)15-5-7-24-8-6-15/h3-4,9-10,12-13,15,24H,5-8,11H2,1-2H3,(H,27,28,31). The average Bonchev–Trinajstić information content (AvgIpc) is 3.42. The lowest BCUT2D eigenvalue weighted by Crippen LogP contribution is -2.34. The molecule has 3 aromatic heterocycles. The third-order valence-corrected chi connectivity index (χ3v) is 5.80. The zero-order valence-corrected chi connectivity index (χ0v) is 18.1. The van der Waals surface area contributed by atoms with E-state index in [9.17, 15) is 4.79 Å². The summed E-state index contributed by atoms with van der Waals surface area (Å²) in [5.74, 6) is 1.63. The first-order valence-corrected chi connectivity index (χ1v) is 10.8. The Labute approximate surface area is 185 Å². The lowest BCUT2D eigenvalue weighted by Gasteiger charge is -2.21. The molecule has 1 aliphatic rings. The van der Waals surface area contributed by atoms with Crippen LogP contribution in [0.4, 0.5) is 5.82 Å². The number of nitrogens with zero attached hydrogens (tertiary/aromatic N) is 5. The van der Waals surface area contributed by atoms with Gasteiger partial charge in [-0.05, 0) is 49.0 Å². The van der Waals surface area contributed by atoms with Gasteiger partial charge in [0.15, 0.2) is 5.82 Å². The molecule has 4 aromatic rings. The Hall–Kier alpha value is -3.59. The molecule has 5 rings (SSSR count). The predicted molar refractivity (Wildman–Crippen MR) is 120 cm³/mol. The molecular formula is C23H25N7O2. The second-order valence-electron chi connectivity index (χ2n) is 8.21. The van der Waals surface area contributed by atoms with Gasteiger partial charge in [0.1, 0.15) is 5.82 Å². The minimum atomic E-state index is -0.00113. The highest BCUT2D eigenvalue weighted by molar-refractivity contribution is 5.96. The van der Waals surface area contributed by atoms with Crippen LogP contribution in [0.2, 0.25) is 0 Å². The largest absolute Gasteiger partial charge is 0.340 e. The second-order valence-corrected chi connectivity index (χ2v) is 8.21. The zero-order valence-electron chi connectivity index (χ0n) is 18.1. The van der Waals surface area contributed by atoms with Gasteiger partial charge in [-0.25, -0.2) is 4.98 Å². The van der Waals surface area contributed by atoms with Crippen LogP contribution >= 0.6 is 0 Å². The SMILES string of the molecule is Cc1nc(Cc2nc(NC(=O)C3CCNCC3)cc3cc(-c4cnn(C)c4)ccc23)no1. The number of aromatic nitrogens is 5. The molecule has 0 bridgehead atoms.